The molecular formula is C10H8F10N2S. The molecule has 0 unspecified atom stereocenters. The molecule has 0 atom stereocenters. The largest absolute Gasteiger partial charge is 0.459 e. The summed E-state index contributed by atoms with van der Waals surface area (Å²) in [6, 6.07) is -0.839. The third-order valence-corrected chi connectivity index (χ3v) is 3.19. The van der Waals surface area contributed by atoms with Gasteiger partial charge >= 0.3 is 23.5 Å². The van der Waals surface area contributed by atoms with Gasteiger partial charge < -0.3 is 5.32 Å². The molecule has 134 valence electrons. The molecule has 0 aromatic rings. The van der Waals surface area contributed by atoms with E-state index in [0.717, 1.165) is 5.32 Å². The number of thioether (sulfide) groups is 1. The van der Waals surface area contributed by atoms with Gasteiger partial charge in [-0.15, -0.1) is 0 Å². The Balaban J connectivity index is 3.67. The first kappa shape index (κ1) is 19.9. The van der Waals surface area contributed by atoms with Crippen molar-refractivity contribution in [3.63, 3.8) is 0 Å². The lowest BCUT2D eigenvalue weighted by Gasteiger charge is -2.34. The first-order valence-corrected chi connectivity index (χ1v) is 6.50. The van der Waals surface area contributed by atoms with Crippen molar-refractivity contribution in [3.05, 3.63) is 11.3 Å². The Hall–Kier alpha value is -1.14. The fraction of sp³-hybridized carbons (Fsp3) is 0.700. The van der Waals surface area contributed by atoms with Gasteiger partial charge in [-0.05, 0) is 25.6 Å². The molecule has 0 fully saturated rings. The smallest absolute Gasteiger partial charge is 0.333 e. The normalized spacial score (nSPS) is 21.9. The summed E-state index contributed by atoms with van der Waals surface area (Å²) in [5.74, 6) is -6.17. The fourth-order valence-electron chi connectivity index (χ4n) is 1.49. The molecule has 13 heteroatoms. The second-order valence-corrected chi connectivity index (χ2v) is 5.70. The van der Waals surface area contributed by atoms with Crippen molar-refractivity contribution < 1.29 is 43.9 Å². The van der Waals surface area contributed by atoms with Crippen LogP contribution in [-0.4, -0.2) is 34.7 Å². The number of halogens is 10. The highest BCUT2D eigenvalue weighted by molar-refractivity contribution is 8.15. The molecule has 1 rings (SSSR count). The van der Waals surface area contributed by atoms with E-state index in [1.54, 1.807) is 0 Å². The van der Waals surface area contributed by atoms with Crippen molar-refractivity contribution in [3.8, 4) is 0 Å². The van der Waals surface area contributed by atoms with Gasteiger partial charge in [-0.3, -0.25) is 4.99 Å². The van der Waals surface area contributed by atoms with E-state index in [2.05, 4.69) is 4.99 Å². The summed E-state index contributed by atoms with van der Waals surface area (Å²) in [5.41, 5.74) is -6.26. The van der Waals surface area contributed by atoms with E-state index in [9.17, 15) is 43.9 Å². The van der Waals surface area contributed by atoms with E-state index in [-0.39, 0.29) is 0 Å². The second-order valence-electron chi connectivity index (χ2n) is 4.59. The molecule has 1 aliphatic rings. The van der Waals surface area contributed by atoms with Gasteiger partial charge in [0, 0.05) is 6.04 Å². The highest BCUT2D eigenvalue weighted by Crippen LogP contribution is 2.53. The number of aliphatic imine (C=N–C) groups is 1. The highest BCUT2D eigenvalue weighted by Gasteiger charge is 2.68. The number of amidine groups is 1. The molecule has 0 spiro atoms. The van der Waals surface area contributed by atoms with Crippen LogP contribution in [0.1, 0.15) is 13.8 Å². The van der Waals surface area contributed by atoms with E-state index >= 15 is 0 Å². The van der Waals surface area contributed by atoms with Crippen molar-refractivity contribution >= 4 is 16.9 Å². The molecule has 0 aromatic carbocycles. The van der Waals surface area contributed by atoms with Crippen LogP contribution in [0, 0.1) is 0 Å². The van der Waals surface area contributed by atoms with Crippen LogP contribution in [-0.2, 0) is 0 Å². The third kappa shape index (κ3) is 4.04. The van der Waals surface area contributed by atoms with Gasteiger partial charge in [-0.1, -0.05) is 0 Å². The van der Waals surface area contributed by atoms with E-state index in [1.807, 2.05) is 0 Å². The zero-order chi connectivity index (χ0) is 18.4. The van der Waals surface area contributed by atoms with Gasteiger partial charge in [0.2, 0.25) is 0 Å². The maximum absolute atomic E-state index is 13.6. The molecule has 0 bridgehead atoms. The summed E-state index contributed by atoms with van der Waals surface area (Å²) >= 11 is -0.891. The fourth-order valence-corrected chi connectivity index (χ4v) is 2.47. The molecule has 1 heterocycles. The minimum Gasteiger partial charge on any atom is -0.333 e. The lowest BCUT2D eigenvalue weighted by molar-refractivity contribution is -0.267. The maximum Gasteiger partial charge on any atom is 0.459 e. The van der Waals surface area contributed by atoms with Crippen molar-refractivity contribution in [2.24, 2.45) is 4.99 Å². The van der Waals surface area contributed by atoms with E-state index < -0.39 is 57.8 Å². The van der Waals surface area contributed by atoms with Crippen LogP contribution in [0.25, 0.3) is 0 Å². The predicted octanol–water partition coefficient (Wildman–Crippen LogP) is 4.69. The summed E-state index contributed by atoms with van der Waals surface area (Å²) < 4.78 is 129. The zero-order valence-corrected chi connectivity index (χ0v) is 12.0. The number of rotatable bonds is 2. The van der Waals surface area contributed by atoms with Crippen LogP contribution in [0.5, 0.6) is 0 Å². The Morgan fingerprint density at radius 3 is 1.83 bits per heavy atom. The van der Waals surface area contributed by atoms with Gasteiger partial charge in [-0.25, -0.2) is 0 Å². The van der Waals surface area contributed by atoms with Crippen LogP contribution in [0.15, 0.2) is 16.3 Å². The number of nitrogens with zero attached hydrogens (tertiary/aromatic N) is 1. The van der Waals surface area contributed by atoms with Crippen molar-refractivity contribution in [2.75, 3.05) is 0 Å². The van der Waals surface area contributed by atoms with Crippen LogP contribution in [0.4, 0.5) is 43.9 Å². The zero-order valence-electron chi connectivity index (χ0n) is 11.2. The minimum absolute atomic E-state index is 0.839. The summed E-state index contributed by atoms with van der Waals surface area (Å²) in [4.78, 5) is 3.28. The number of allylic oxidation sites excluding steroid dienone is 1. The predicted molar refractivity (Wildman–Crippen MR) is 62.3 cm³/mol. The highest BCUT2D eigenvalue weighted by atomic mass is 32.2. The molecule has 23 heavy (non-hydrogen) atoms. The summed E-state index contributed by atoms with van der Waals surface area (Å²) in [5, 5.41) is -5.17. The number of alkyl halides is 10. The maximum atomic E-state index is 13.6. The van der Waals surface area contributed by atoms with Crippen molar-refractivity contribution in [2.45, 2.75) is 43.4 Å². The SMILES string of the molecule is CC(C)N=C1NC(C(F)(F)C(F)(F)F)=C(C(F)(F)F)C(F)(F)S1. The first-order chi connectivity index (χ1) is 10.00. The Morgan fingerprint density at radius 2 is 1.48 bits per heavy atom. The molecule has 0 aromatic heterocycles. The first-order valence-electron chi connectivity index (χ1n) is 5.68. The average Bonchev–Trinajstić information content (AvgIpc) is 2.21. The molecular weight excluding hydrogens is 370 g/mol. The molecule has 2 nitrogen and oxygen atoms in total. The summed E-state index contributed by atoms with van der Waals surface area (Å²) in [6.07, 6.45) is -12.6. The van der Waals surface area contributed by atoms with Gasteiger partial charge in [0.05, 0.1) is 0 Å². The monoisotopic (exact) mass is 378 g/mol. The molecule has 0 saturated heterocycles. The number of hydrogen-bond acceptors (Lipinski definition) is 2. The van der Waals surface area contributed by atoms with Crippen LogP contribution in [0.3, 0.4) is 0 Å². The average molecular weight is 378 g/mol. The Kier molecular flexibility index (Phi) is 4.97. The van der Waals surface area contributed by atoms with E-state index in [1.165, 1.54) is 13.8 Å². The van der Waals surface area contributed by atoms with Gasteiger partial charge in [0.25, 0.3) is 0 Å². The Morgan fingerprint density at radius 1 is 1.00 bits per heavy atom. The van der Waals surface area contributed by atoms with Crippen LogP contribution < -0.4 is 5.32 Å². The molecule has 1 N–H and O–H groups in total. The number of nitrogens with one attached hydrogen (secondary N) is 1. The lowest BCUT2D eigenvalue weighted by atomic mass is 10.1. The van der Waals surface area contributed by atoms with Gasteiger partial charge in [0.15, 0.2) is 5.17 Å². The van der Waals surface area contributed by atoms with Gasteiger partial charge in [-0.2, -0.15) is 43.9 Å². The topological polar surface area (TPSA) is 24.4 Å². The Bertz CT molecular complexity index is 529. The minimum atomic E-state index is -6.51. The standard InChI is InChI=1S/C10H8F10N2S/c1-3(2)21-6-22-5(7(11,12)10(18,19)20)4(8(13,14)15)9(16,17)23-6/h3H,1-2H3,(H,21,22). The van der Waals surface area contributed by atoms with Crippen molar-refractivity contribution in [1.82, 2.24) is 5.32 Å². The van der Waals surface area contributed by atoms with Gasteiger partial charge in [0.1, 0.15) is 11.3 Å². The quantitative estimate of drug-likeness (QED) is 0.705. The summed E-state index contributed by atoms with van der Waals surface area (Å²) in [7, 11) is 0. The number of hydrogen-bond donors (Lipinski definition) is 1. The molecule has 0 aliphatic carbocycles. The van der Waals surface area contributed by atoms with E-state index in [4.69, 9.17) is 0 Å². The lowest BCUT2D eigenvalue weighted by Crippen LogP contribution is -2.51. The Labute approximate surface area is 127 Å². The molecule has 0 amide bonds. The second kappa shape index (κ2) is 5.74. The van der Waals surface area contributed by atoms with E-state index in [0.29, 0.717) is 0 Å². The van der Waals surface area contributed by atoms with Crippen molar-refractivity contribution in [1.29, 1.82) is 0 Å². The molecule has 0 radical (unpaired) electrons. The van der Waals surface area contributed by atoms with Crippen LogP contribution >= 0.6 is 11.8 Å². The summed E-state index contributed by atoms with van der Waals surface area (Å²) in [6.45, 7) is 2.52. The third-order valence-electron chi connectivity index (χ3n) is 2.33. The van der Waals surface area contributed by atoms with Crippen LogP contribution in [0.2, 0.25) is 0 Å². The molecule has 1 aliphatic heterocycles. The molecule has 0 saturated carbocycles.